The lowest BCUT2D eigenvalue weighted by Gasteiger charge is -2.30. The summed E-state index contributed by atoms with van der Waals surface area (Å²) in [5.41, 5.74) is 4.57. The summed E-state index contributed by atoms with van der Waals surface area (Å²) in [6, 6.07) is 23.5. The van der Waals surface area contributed by atoms with Crippen LogP contribution >= 0.6 is 0 Å². The van der Waals surface area contributed by atoms with E-state index in [0.29, 0.717) is 0 Å². The van der Waals surface area contributed by atoms with Crippen LogP contribution in [0.1, 0.15) is 56.6 Å². The minimum absolute atomic E-state index is 0.170. The fraction of sp³-hybridized carbons (Fsp3) is 0.323. The number of carbonyl (C=O) groups excluding carboxylic acids is 3. The molecule has 4 amide bonds. The van der Waals surface area contributed by atoms with Crippen LogP contribution in [0, 0.1) is 15.5 Å². The Morgan fingerprint density at radius 1 is 0.927 bits per heavy atom. The molecule has 0 spiro atoms. The number of nitro groups is 1. The van der Waals surface area contributed by atoms with Gasteiger partial charge in [-0.25, -0.2) is 4.79 Å². The minimum atomic E-state index is -0.984. The smallest absolute Gasteiger partial charge is 0.319 e. The van der Waals surface area contributed by atoms with Gasteiger partial charge in [-0.15, -0.1) is 0 Å². The average molecular weight is 558 g/mol. The minimum Gasteiger partial charge on any atom is -0.326 e. The number of amides is 4. The number of carbonyl (C=O) groups is 3. The standard InChI is InChI=1S/C31H35N5O5/c1-31(2,3)19-28(37)34-35-20-26(22-13-8-5-9-14-22)25(21-11-6-4-7-12-21)18-27(29(35)38)33-30(39)32-23-15-10-16-24(17-23)36(40)41/h4-17,25-27H,18-20H2,1-3H3,(H,34,37)(H2,32,33,39). The molecule has 10 heteroatoms. The Balaban J connectivity index is 1.67. The quantitative estimate of drug-likeness (QED) is 0.266. The van der Waals surface area contributed by atoms with Crippen molar-refractivity contribution in [1.82, 2.24) is 15.8 Å². The number of anilines is 1. The highest BCUT2D eigenvalue weighted by atomic mass is 16.6. The number of hydrogen-bond acceptors (Lipinski definition) is 5. The van der Waals surface area contributed by atoms with Crippen LogP contribution < -0.4 is 16.1 Å². The zero-order valence-corrected chi connectivity index (χ0v) is 23.4. The van der Waals surface area contributed by atoms with Crippen molar-refractivity contribution in [2.75, 3.05) is 11.9 Å². The van der Waals surface area contributed by atoms with Gasteiger partial charge in [-0.05, 0) is 34.9 Å². The molecular formula is C31H35N5O5. The second-order valence-corrected chi connectivity index (χ2v) is 11.4. The summed E-state index contributed by atoms with van der Waals surface area (Å²) in [5, 5.41) is 17.8. The van der Waals surface area contributed by atoms with Crippen molar-refractivity contribution in [2.24, 2.45) is 5.41 Å². The molecule has 0 bridgehead atoms. The van der Waals surface area contributed by atoms with Gasteiger partial charge in [0.25, 0.3) is 11.6 Å². The van der Waals surface area contributed by atoms with Gasteiger partial charge in [-0.1, -0.05) is 87.5 Å². The number of hydrogen-bond donors (Lipinski definition) is 3. The van der Waals surface area contributed by atoms with Crippen LogP contribution in [0.2, 0.25) is 0 Å². The molecule has 41 heavy (non-hydrogen) atoms. The van der Waals surface area contributed by atoms with E-state index >= 15 is 0 Å². The summed E-state index contributed by atoms with van der Waals surface area (Å²) in [6.07, 6.45) is 0.483. The van der Waals surface area contributed by atoms with Crippen LogP contribution in [-0.4, -0.2) is 40.4 Å². The summed E-state index contributed by atoms with van der Waals surface area (Å²) in [6.45, 7) is 6.04. The van der Waals surface area contributed by atoms with E-state index in [-0.39, 0.29) is 53.9 Å². The molecule has 0 radical (unpaired) electrons. The SMILES string of the molecule is CC(C)(C)CC(=O)NN1CC(c2ccccc2)C(c2ccccc2)CC(NC(=O)Nc2cccc([N+](=O)[O-])c2)C1=O. The normalized spacial score (nSPS) is 19.1. The third-order valence-corrected chi connectivity index (χ3v) is 6.94. The summed E-state index contributed by atoms with van der Waals surface area (Å²) in [7, 11) is 0. The van der Waals surface area contributed by atoms with Crippen LogP contribution in [0.3, 0.4) is 0 Å². The third-order valence-electron chi connectivity index (χ3n) is 6.94. The van der Waals surface area contributed by atoms with Crippen molar-refractivity contribution in [1.29, 1.82) is 0 Å². The Bertz CT molecular complexity index is 1390. The van der Waals surface area contributed by atoms with E-state index in [4.69, 9.17) is 0 Å². The van der Waals surface area contributed by atoms with E-state index in [1.165, 1.54) is 29.3 Å². The van der Waals surface area contributed by atoms with Crippen LogP contribution in [0.5, 0.6) is 0 Å². The van der Waals surface area contributed by atoms with Gasteiger partial charge in [0.05, 0.1) is 4.92 Å². The molecule has 0 aliphatic carbocycles. The summed E-state index contributed by atoms with van der Waals surface area (Å²) >= 11 is 0. The number of urea groups is 1. The molecule has 3 aromatic carbocycles. The Labute approximate surface area is 239 Å². The number of nitrogens with zero attached hydrogens (tertiary/aromatic N) is 2. The zero-order valence-electron chi connectivity index (χ0n) is 23.4. The first-order chi connectivity index (χ1) is 19.5. The molecular weight excluding hydrogens is 522 g/mol. The first-order valence-corrected chi connectivity index (χ1v) is 13.5. The number of rotatable bonds is 7. The number of nitro benzene ring substituents is 1. The van der Waals surface area contributed by atoms with E-state index in [9.17, 15) is 24.5 Å². The van der Waals surface area contributed by atoms with Crippen molar-refractivity contribution in [3.63, 3.8) is 0 Å². The first kappa shape index (κ1) is 29.3. The van der Waals surface area contributed by atoms with Gasteiger partial charge >= 0.3 is 6.03 Å². The maximum Gasteiger partial charge on any atom is 0.319 e. The molecule has 1 aliphatic heterocycles. The second-order valence-electron chi connectivity index (χ2n) is 11.4. The monoisotopic (exact) mass is 557 g/mol. The molecule has 1 aliphatic rings. The fourth-order valence-electron chi connectivity index (χ4n) is 5.14. The first-order valence-electron chi connectivity index (χ1n) is 13.5. The second kappa shape index (κ2) is 12.6. The topological polar surface area (TPSA) is 134 Å². The van der Waals surface area contributed by atoms with Crippen LogP contribution in [-0.2, 0) is 9.59 Å². The Morgan fingerprint density at radius 2 is 1.54 bits per heavy atom. The maximum absolute atomic E-state index is 13.9. The van der Waals surface area contributed by atoms with Crippen molar-refractivity contribution >= 4 is 29.2 Å². The predicted octanol–water partition coefficient (Wildman–Crippen LogP) is 5.35. The Kier molecular flexibility index (Phi) is 9.01. The molecule has 4 rings (SSSR count). The summed E-state index contributed by atoms with van der Waals surface area (Å²) in [4.78, 5) is 50.6. The van der Waals surface area contributed by atoms with Gasteiger partial charge in [0.15, 0.2) is 0 Å². The lowest BCUT2D eigenvalue weighted by Crippen LogP contribution is -2.55. The Morgan fingerprint density at radius 3 is 2.12 bits per heavy atom. The molecule has 3 atom stereocenters. The van der Waals surface area contributed by atoms with Gasteiger partial charge in [-0.2, -0.15) is 0 Å². The molecule has 3 N–H and O–H groups in total. The molecule has 0 aromatic heterocycles. The van der Waals surface area contributed by atoms with E-state index in [1.54, 1.807) is 0 Å². The van der Waals surface area contributed by atoms with E-state index < -0.39 is 22.9 Å². The summed E-state index contributed by atoms with van der Waals surface area (Å²) < 4.78 is 0. The lowest BCUT2D eigenvalue weighted by molar-refractivity contribution is -0.384. The average Bonchev–Trinajstić information content (AvgIpc) is 3.05. The molecule has 1 fully saturated rings. The molecule has 1 saturated heterocycles. The van der Waals surface area contributed by atoms with Crippen molar-refractivity contribution in [3.05, 3.63) is 106 Å². The highest BCUT2D eigenvalue weighted by molar-refractivity contribution is 5.94. The van der Waals surface area contributed by atoms with Gasteiger partial charge in [0.2, 0.25) is 5.91 Å². The molecule has 0 saturated carbocycles. The van der Waals surface area contributed by atoms with Gasteiger partial charge < -0.3 is 10.6 Å². The predicted molar refractivity (Wildman–Crippen MR) is 156 cm³/mol. The molecule has 10 nitrogen and oxygen atoms in total. The third kappa shape index (κ3) is 7.91. The zero-order chi connectivity index (χ0) is 29.6. The Hall–Kier alpha value is -4.73. The fourth-order valence-corrected chi connectivity index (χ4v) is 5.14. The number of hydrazine groups is 1. The van der Waals surface area contributed by atoms with Crippen LogP contribution in [0.15, 0.2) is 84.9 Å². The van der Waals surface area contributed by atoms with Crippen LogP contribution in [0.4, 0.5) is 16.2 Å². The van der Waals surface area contributed by atoms with E-state index in [0.717, 1.165) is 11.1 Å². The maximum atomic E-state index is 13.9. The van der Waals surface area contributed by atoms with Crippen LogP contribution in [0.25, 0.3) is 0 Å². The highest BCUT2D eigenvalue weighted by Gasteiger charge is 2.40. The molecule has 3 unspecified atom stereocenters. The number of nitrogens with one attached hydrogen (secondary N) is 3. The lowest BCUT2D eigenvalue weighted by atomic mass is 9.78. The largest absolute Gasteiger partial charge is 0.326 e. The van der Waals surface area contributed by atoms with Gasteiger partial charge in [-0.3, -0.25) is 30.1 Å². The molecule has 214 valence electrons. The van der Waals surface area contributed by atoms with E-state index in [2.05, 4.69) is 16.1 Å². The van der Waals surface area contributed by atoms with Crippen molar-refractivity contribution < 1.29 is 19.3 Å². The number of non-ortho nitro benzene ring substituents is 1. The van der Waals surface area contributed by atoms with Crippen molar-refractivity contribution in [2.45, 2.75) is 51.5 Å². The van der Waals surface area contributed by atoms with Gasteiger partial charge in [0.1, 0.15) is 6.04 Å². The molecule has 3 aromatic rings. The van der Waals surface area contributed by atoms with E-state index in [1.807, 2.05) is 81.4 Å². The highest BCUT2D eigenvalue weighted by Crippen LogP contribution is 2.39. The number of benzene rings is 3. The molecule has 1 heterocycles. The van der Waals surface area contributed by atoms with Crippen molar-refractivity contribution in [3.8, 4) is 0 Å². The van der Waals surface area contributed by atoms with Gasteiger partial charge in [0, 0.05) is 36.7 Å². The summed E-state index contributed by atoms with van der Waals surface area (Å²) in [5.74, 6) is -1.09.